The van der Waals surface area contributed by atoms with Gasteiger partial charge in [0, 0.05) is 30.3 Å². The van der Waals surface area contributed by atoms with Gasteiger partial charge in [0.05, 0.1) is 52.6 Å². The van der Waals surface area contributed by atoms with E-state index >= 15 is 0 Å². The van der Waals surface area contributed by atoms with Crippen LogP contribution in [0, 0.1) is 27.7 Å². The Bertz CT molecular complexity index is 1890. The van der Waals surface area contributed by atoms with E-state index in [-0.39, 0.29) is 11.6 Å². The fourth-order valence-corrected chi connectivity index (χ4v) is 7.35. The van der Waals surface area contributed by atoms with E-state index in [4.69, 9.17) is 40.0 Å². The fraction of sp³-hybridized carbons (Fsp3) is 0.541. The molecule has 4 heterocycles. The van der Waals surface area contributed by atoms with Gasteiger partial charge in [-0.1, -0.05) is 37.5 Å². The molecule has 1 amide bonds. The molecule has 0 fully saturated rings. The summed E-state index contributed by atoms with van der Waals surface area (Å²) in [6, 6.07) is 5.46. The highest BCUT2D eigenvalue weighted by molar-refractivity contribution is 6.74. The summed E-state index contributed by atoms with van der Waals surface area (Å²) in [6.07, 6.45) is -0.834. The van der Waals surface area contributed by atoms with E-state index in [2.05, 4.69) is 54.1 Å². The van der Waals surface area contributed by atoms with E-state index in [9.17, 15) is 4.79 Å². The minimum atomic E-state index is -2.24. The molecular weight excluding hydrogens is 686 g/mol. The van der Waals surface area contributed by atoms with Crippen molar-refractivity contribution in [3.8, 4) is 28.4 Å². The molecule has 0 unspecified atom stereocenters. The van der Waals surface area contributed by atoms with Gasteiger partial charge in [-0.25, -0.2) is 14.8 Å². The van der Waals surface area contributed by atoms with Crippen LogP contribution >= 0.6 is 11.6 Å². The summed E-state index contributed by atoms with van der Waals surface area (Å²) in [5.74, 6) is 2.48. The van der Waals surface area contributed by atoms with Crippen molar-refractivity contribution in [3.63, 3.8) is 0 Å². The minimum absolute atomic E-state index is 0.0465. The lowest BCUT2D eigenvalue weighted by molar-refractivity contribution is 0.0172. The van der Waals surface area contributed by atoms with Gasteiger partial charge in [-0.2, -0.15) is 5.10 Å². The van der Waals surface area contributed by atoms with Gasteiger partial charge in [-0.15, -0.1) is 0 Å². The number of nitrogens with one attached hydrogen (secondary N) is 1. The number of carbonyl (C=O) groups excluding carboxylic acids is 1. The number of aromatic amines is 1. The van der Waals surface area contributed by atoms with Crippen molar-refractivity contribution < 1.29 is 23.2 Å². The van der Waals surface area contributed by atoms with Gasteiger partial charge in [0.25, 0.3) is 0 Å². The second-order valence-electron chi connectivity index (χ2n) is 16.0. The van der Waals surface area contributed by atoms with Gasteiger partial charge < -0.3 is 28.2 Å². The normalized spacial score (nSPS) is 14.1. The first kappa shape index (κ1) is 38.3. The molecule has 14 heteroatoms. The van der Waals surface area contributed by atoms with Gasteiger partial charge in [0.15, 0.2) is 14.1 Å². The van der Waals surface area contributed by atoms with Crippen molar-refractivity contribution in [1.82, 2.24) is 30.2 Å². The average Bonchev–Trinajstić information content (AvgIpc) is 3.70. The van der Waals surface area contributed by atoms with Gasteiger partial charge >= 0.3 is 6.09 Å². The van der Waals surface area contributed by atoms with Crippen LogP contribution in [-0.2, 0) is 22.3 Å². The molecule has 0 bridgehead atoms. The SMILES string of the molecule is Cc1n[nH]c2c1CN(c1nc(-c3cc(OC[C@@H](CN(C)C(=O)OC(C)(C)C)O[Si](C)(C)C(C)(C)C)ccc3Cl)nc(-c3c(C)noc3C)c1C)C2. The summed E-state index contributed by atoms with van der Waals surface area (Å²) >= 11 is 6.88. The average molecular weight is 738 g/mol. The zero-order chi connectivity index (χ0) is 37.6. The number of hydrogen-bond donors (Lipinski definition) is 1. The summed E-state index contributed by atoms with van der Waals surface area (Å²) in [6.45, 7) is 26.1. The maximum absolute atomic E-state index is 12.9. The standard InChI is InChI=1S/C37H52ClN7O5Si/c1-21-32(31-23(3)43-49-24(31)4)39-33(40-34(21)45-18-28-22(2)41-42-30(28)19-45)27-16-25(14-15-29(27)38)47-20-26(50-51(12,13)37(8,9)10)17-44(11)35(46)48-36(5,6)7/h14-16,26H,17-20H2,1-13H3,(H,41,42)/t26-/m1/s1. The van der Waals surface area contributed by atoms with Crippen LogP contribution < -0.4 is 9.64 Å². The number of halogens is 1. The number of H-pyrrole nitrogens is 1. The number of aromatic nitrogens is 5. The van der Waals surface area contributed by atoms with Crippen LogP contribution in [0.25, 0.3) is 22.6 Å². The summed E-state index contributed by atoms with van der Waals surface area (Å²) in [5, 5.41) is 12.2. The van der Waals surface area contributed by atoms with Gasteiger partial charge in [-0.05, 0) is 84.8 Å². The Morgan fingerprint density at radius 3 is 2.39 bits per heavy atom. The van der Waals surface area contributed by atoms with E-state index < -0.39 is 26.1 Å². The molecule has 0 spiro atoms. The molecule has 0 saturated carbocycles. The third kappa shape index (κ3) is 8.42. The molecule has 0 radical (unpaired) electrons. The molecule has 1 atom stereocenters. The summed E-state index contributed by atoms with van der Waals surface area (Å²) < 4.78 is 24.4. The van der Waals surface area contributed by atoms with Crippen LogP contribution in [0.3, 0.4) is 0 Å². The van der Waals surface area contributed by atoms with E-state index in [0.717, 1.165) is 39.7 Å². The smallest absolute Gasteiger partial charge is 0.410 e. The first-order valence-corrected chi connectivity index (χ1v) is 20.6. The zero-order valence-corrected chi connectivity index (χ0v) is 34.0. The van der Waals surface area contributed by atoms with E-state index in [1.807, 2.05) is 60.6 Å². The number of nitrogens with zero attached hydrogens (tertiary/aromatic N) is 6. The molecule has 276 valence electrons. The van der Waals surface area contributed by atoms with Gasteiger partial charge in [0.2, 0.25) is 0 Å². The molecule has 1 aromatic carbocycles. The molecule has 12 nitrogen and oxygen atoms in total. The Labute approximate surface area is 307 Å². The number of ether oxygens (including phenoxy) is 2. The highest BCUT2D eigenvalue weighted by Crippen LogP contribution is 2.40. The summed E-state index contributed by atoms with van der Waals surface area (Å²) in [7, 11) is -0.523. The van der Waals surface area contributed by atoms with E-state index in [1.54, 1.807) is 18.0 Å². The highest BCUT2D eigenvalue weighted by Gasteiger charge is 2.40. The Morgan fingerprint density at radius 2 is 1.78 bits per heavy atom. The molecule has 0 saturated heterocycles. The lowest BCUT2D eigenvalue weighted by Crippen LogP contribution is -2.49. The number of fused-ring (bicyclic) bond motifs is 1. The molecule has 3 aromatic heterocycles. The number of hydrogen-bond acceptors (Lipinski definition) is 10. The minimum Gasteiger partial charge on any atom is -0.491 e. The Hall–Kier alpha value is -3.94. The van der Waals surface area contributed by atoms with Crippen LogP contribution in [0.4, 0.5) is 10.6 Å². The molecular formula is C37H52ClN7O5Si. The number of benzene rings is 1. The first-order chi connectivity index (χ1) is 23.6. The van der Waals surface area contributed by atoms with Gasteiger partial charge in [-0.3, -0.25) is 5.10 Å². The monoisotopic (exact) mass is 737 g/mol. The number of anilines is 1. The lowest BCUT2D eigenvalue weighted by atomic mass is 10.0. The topological polar surface area (TPSA) is 132 Å². The number of carbonyl (C=O) groups is 1. The Balaban J connectivity index is 1.48. The molecule has 1 N–H and O–H groups in total. The number of likely N-dealkylation sites (N-methyl/N-ethyl adjacent to an activating group) is 1. The quantitative estimate of drug-likeness (QED) is 0.158. The second kappa shape index (κ2) is 14.2. The van der Waals surface area contributed by atoms with Gasteiger partial charge in [0.1, 0.15) is 29.5 Å². The number of aryl methyl sites for hydroxylation is 3. The predicted molar refractivity (Wildman–Crippen MR) is 202 cm³/mol. The Morgan fingerprint density at radius 1 is 1.08 bits per heavy atom. The molecule has 1 aliphatic heterocycles. The predicted octanol–water partition coefficient (Wildman–Crippen LogP) is 8.57. The van der Waals surface area contributed by atoms with Crippen LogP contribution in [0.15, 0.2) is 22.7 Å². The molecule has 4 aromatic rings. The molecule has 1 aliphatic rings. The third-order valence-corrected chi connectivity index (χ3v) is 14.5. The van der Waals surface area contributed by atoms with Crippen LogP contribution in [0.2, 0.25) is 23.2 Å². The molecule has 51 heavy (non-hydrogen) atoms. The maximum atomic E-state index is 12.9. The molecule has 5 rings (SSSR count). The van der Waals surface area contributed by atoms with E-state index in [0.29, 0.717) is 47.6 Å². The third-order valence-electron chi connectivity index (χ3n) is 9.61. The van der Waals surface area contributed by atoms with E-state index in [1.165, 1.54) is 5.56 Å². The largest absolute Gasteiger partial charge is 0.491 e. The summed E-state index contributed by atoms with van der Waals surface area (Å²) in [4.78, 5) is 26.9. The van der Waals surface area contributed by atoms with Crippen LogP contribution in [-0.4, -0.2) is 76.5 Å². The number of amides is 1. The van der Waals surface area contributed by atoms with Crippen molar-refractivity contribution in [1.29, 1.82) is 0 Å². The van der Waals surface area contributed by atoms with Crippen LogP contribution in [0.1, 0.15) is 75.5 Å². The first-order valence-electron chi connectivity index (χ1n) is 17.3. The summed E-state index contributed by atoms with van der Waals surface area (Å²) in [5.41, 5.74) is 6.44. The lowest BCUT2D eigenvalue weighted by Gasteiger charge is -2.40. The zero-order valence-electron chi connectivity index (χ0n) is 32.2. The van der Waals surface area contributed by atoms with Crippen molar-refractivity contribution in [2.24, 2.45) is 0 Å². The second-order valence-corrected chi connectivity index (χ2v) is 21.1. The molecule has 0 aliphatic carbocycles. The van der Waals surface area contributed by atoms with Crippen molar-refractivity contribution in [3.05, 3.63) is 57.2 Å². The number of rotatable bonds is 10. The van der Waals surface area contributed by atoms with Crippen LogP contribution in [0.5, 0.6) is 5.75 Å². The van der Waals surface area contributed by atoms with Crippen molar-refractivity contribution in [2.45, 2.75) is 112 Å². The highest BCUT2D eigenvalue weighted by atomic mass is 35.5. The van der Waals surface area contributed by atoms with Crippen molar-refractivity contribution in [2.75, 3.05) is 25.1 Å². The van der Waals surface area contributed by atoms with Crippen molar-refractivity contribution >= 4 is 31.8 Å². The maximum Gasteiger partial charge on any atom is 0.410 e. The Kier molecular flexibility index (Phi) is 10.7. The fourth-order valence-electron chi connectivity index (χ4n) is 5.82.